The number of para-hydroxylation sites is 1. The van der Waals surface area contributed by atoms with E-state index in [1.807, 2.05) is 13.8 Å². The fourth-order valence-corrected chi connectivity index (χ4v) is 1.61. The normalized spacial score (nSPS) is 10.4. The number of carbonyl (C=O) groups excluding carboxylic acids is 2. The third kappa shape index (κ3) is 6.54. The Labute approximate surface area is 124 Å². The molecule has 0 saturated heterocycles. The van der Waals surface area contributed by atoms with Gasteiger partial charge in [0.05, 0.1) is 23.8 Å². The van der Waals surface area contributed by atoms with Crippen molar-refractivity contribution in [3.63, 3.8) is 0 Å². The Bertz CT molecular complexity index is 463. The van der Waals surface area contributed by atoms with E-state index in [4.69, 9.17) is 11.6 Å². The first kappa shape index (κ1) is 16.5. The number of rotatable bonds is 7. The number of hydrogen-bond acceptors (Lipinski definition) is 3. The van der Waals surface area contributed by atoms with E-state index in [0.29, 0.717) is 23.2 Å². The van der Waals surface area contributed by atoms with Crippen LogP contribution in [0.2, 0.25) is 5.02 Å². The lowest BCUT2D eigenvalue weighted by molar-refractivity contribution is -0.120. The first-order valence-electron chi connectivity index (χ1n) is 6.51. The minimum absolute atomic E-state index is 0.0559. The molecule has 0 aromatic heterocycles. The summed E-state index contributed by atoms with van der Waals surface area (Å²) in [4.78, 5) is 23.1. The van der Waals surface area contributed by atoms with Crippen LogP contribution in [0, 0.1) is 5.92 Å². The predicted molar refractivity (Wildman–Crippen MR) is 80.8 cm³/mol. The van der Waals surface area contributed by atoms with Crippen LogP contribution in [0.4, 0.5) is 5.69 Å². The topological polar surface area (TPSA) is 70.2 Å². The monoisotopic (exact) mass is 297 g/mol. The van der Waals surface area contributed by atoms with Crippen LogP contribution in [0.1, 0.15) is 13.8 Å². The van der Waals surface area contributed by atoms with Gasteiger partial charge in [0.2, 0.25) is 11.8 Å². The van der Waals surface area contributed by atoms with Crippen LogP contribution >= 0.6 is 11.6 Å². The van der Waals surface area contributed by atoms with E-state index < -0.39 is 0 Å². The van der Waals surface area contributed by atoms with Gasteiger partial charge in [0.25, 0.3) is 0 Å². The van der Waals surface area contributed by atoms with Gasteiger partial charge in [-0.05, 0) is 18.1 Å². The van der Waals surface area contributed by atoms with Crippen LogP contribution in [-0.4, -0.2) is 31.4 Å². The Hall–Kier alpha value is -1.59. The molecule has 20 heavy (non-hydrogen) atoms. The quantitative estimate of drug-likeness (QED) is 0.716. The molecule has 0 heterocycles. The van der Waals surface area contributed by atoms with E-state index in [9.17, 15) is 9.59 Å². The van der Waals surface area contributed by atoms with E-state index >= 15 is 0 Å². The predicted octanol–water partition coefficient (Wildman–Crippen LogP) is 1.64. The Balaban J connectivity index is 2.24. The zero-order valence-electron chi connectivity index (χ0n) is 11.7. The first-order valence-corrected chi connectivity index (χ1v) is 6.88. The number of anilines is 1. The molecule has 0 saturated carbocycles. The molecule has 0 fully saturated rings. The van der Waals surface area contributed by atoms with Crippen LogP contribution in [0.3, 0.4) is 0 Å². The third-order valence-corrected chi connectivity index (χ3v) is 2.76. The van der Waals surface area contributed by atoms with Gasteiger partial charge in [0, 0.05) is 6.54 Å². The Kier molecular flexibility index (Phi) is 7.04. The van der Waals surface area contributed by atoms with Gasteiger partial charge in [0.15, 0.2) is 0 Å². The maximum atomic E-state index is 11.6. The Morgan fingerprint density at radius 2 is 1.80 bits per heavy atom. The van der Waals surface area contributed by atoms with Crippen molar-refractivity contribution >= 4 is 29.1 Å². The molecular formula is C14H20ClN3O2. The number of amides is 2. The molecular weight excluding hydrogens is 278 g/mol. The van der Waals surface area contributed by atoms with Crippen LogP contribution in [0.5, 0.6) is 0 Å². The van der Waals surface area contributed by atoms with Crippen molar-refractivity contribution in [2.45, 2.75) is 13.8 Å². The number of carbonyl (C=O) groups is 2. The highest BCUT2D eigenvalue weighted by atomic mass is 35.5. The van der Waals surface area contributed by atoms with Crippen LogP contribution < -0.4 is 16.0 Å². The molecule has 3 N–H and O–H groups in total. The van der Waals surface area contributed by atoms with Gasteiger partial charge in [-0.3, -0.25) is 14.9 Å². The zero-order chi connectivity index (χ0) is 15.0. The van der Waals surface area contributed by atoms with E-state index in [1.54, 1.807) is 24.3 Å². The summed E-state index contributed by atoms with van der Waals surface area (Å²) in [5, 5.41) is 8.69. The molecule has 110 valence electrons. The molecule has 0 atom stereocenters. The summed E-state index contributed by atoms with van der Waals surface area (Å²) in [5.74, 6) is 0.0430. The van der Waals surface area contributed by atoms with Gasteiger partial charge in [-0.15, -0.1) is 0 Å². The van der Waals surface area contributed by atoms with Crippen molar-refractivity contribution in [3.8, 4) is 0 Å². The van der Waals surface area contributed by atoms with E-state index in [1.165, 1.54) is 0 Å². The number of benzene rings is 1. The van der Waals surface area contributed by atoms with Gasteiger partial charge in [0.1, 0.15) is 0 Å². The lowest BCUT2D eigenvalue weighted by atomic mass is 10.2. The summed E-state index contributed by atoms with van der Waals surface area (Å²) >= 11 is 5.92. The number of hydrogen-bond donors (Lipinski definition) is 3. The molecule has 5 nitrogen and oxygen atoms in total. The molecule has 6 heteroatoms. The SMILES string of the molecule is CC(C)CNC(=O)CNCC(=O)Nc1ccccc1Cl. The number of nitrogens with one attached hydrogen (secondary N) is 3. The molecule has 1 aromatic rings. The highest BCUT2D eigenvalue weighted by Crippen LogP contribution is 2.19. The zero-order valence-corrected chi connectivity index (χ0v) is 12.5. The maximum absolute atomic E-state index is 11.6. The maximum Gasteiger partial charge on any atom is 0.238 e. The summed E-state index contributed by atoms with van der Waals surface area (Å²) in [6.07, 6.45) is 0. The van der Waals surface area contributed by atoms with E-state index in [2.05, 4.69) is 16.0 Å². The summed E-state index contributed by atoms with van der Waals surface area (Å²) in [6, 6.07) is 6.99. The van der Waals surface area contributed by atoms with E-state index in [0.717, 1.165) is 0 Å². The van der Waals surface area contributed by atoms with Gasteiger partial charge >= 0.3 is 0 Å². The molecule has 1 rings (SSSR count). The lowest BCUT2D eigenvalue weighted by Crippen LogP contribution is -2.38. The number of halogens is 1. The summed E-state index contributed by atoms with van der Waals surface area (Å²) in [5.41, 5.74) is 0.560. The first-order chi connectivity index (χ1) is 9.49. The lowest BCUT2D eigenvalue weighted by Gasteiger charge is -2.09. The van der Waals surface area contributed by atoms with Crippen molar-refractivity contribution in [1.82, 2.24) is 10.6 Å². The molecule has 0 aliphatic heterocycles. The average molecular weight is 298 g/mol. The van der Waals surface area contributed by atoms with Crippen molar-refractivity contribution in [2.75, 3.05) is 25.0 Å². The molecule has 0 aliphatic carbocycles. The second-order valence-corrected chi connectivity index (χ2v) is 5.24. The standard InChI is InChI=1S/C14H20ClN3O2/c1-10(2)7-17-13(19)8-16-9-14(20)18-12-6-4-3-5-11(12)15/h3-6,10,16H,7-9H2,1-2H3,(H,17,19)(H,18,20). The van der Waals surface area contributed by atoms with Gasteiger partial charge in [-0.2, -0.15) is 0 Å². The fraction of sp³-hybridized carbons (Fsp3) is 0.429. The van der Waals surface area contributed by atoms with Crippen LogP contribution in [0.15, 0.2) is 24.3 Å². The minimum Gasteiger partial charge on any atom is -0.355 e. The Morgan fingerprint density at radius 3 is 2.45 bits per heavy atom. The van der Waals surface area contributed by atoms with Gasteiger partial charge in [-0.25, -0.2) is 0 Å². The Morgan fingerprint density at radius 1 is 1.15 bits per heavy atom. The largest absolute Gasteiger partial charge is 0.355 e. The second-order valence-electron chi connectivity index (χ2n) is 4.83. The van der Waals surface area contributed by atoms with Crippen LogP contribution in [0.25, 0.3) is 0 Å². The van der Waals surface area contributed by atoms with E-state index in [-0.39, 0.29) is 24.9 Å². The van der Waals surface area contributed by atoms with Crippen molar-refractivity contribution in [3.05, 3.63) is 29.3 Å². The molecule has 0 bridgehead atoms. The third-order valence-electron chi connectivity index (χ3n) is 2.43. The smallest absolute Gasteiger partial charge is 0.238 e. The molecule has 0 spiro atoms. The van der Waals surface area contributed by atoms with Gasteiger partial charge in [-0.1, -0.05) is 37.6 Å². The van der Waals surface area contributed by atoms with Crippen molar-refractivity contribution < 1.29 is 9.59 Å². The van der Waals surface area contributed by atoms with Crippen molar-refractivity contribution in [2.24, 2.45) is 5.92 Å². The fourth-order valence-electron chi connectivity index (χ4n) is 1.43. The molecule has 0 radical (unpaired) electrons. The molecule has 0 aliphatic rings. The summed E-state index contributed by atoms with van der Waals surface area (Å²) in [7, 11) is 0. The summed E-state index contributed by atoms with van der Waals surface area (Å²) < 4.78 is 0. The minimum atomic E-state index is -0.241. The average Bonchev–Trinajstić information content (AvgIpc) is 2.39. The summed E-state index contributed by atoms with van der Waals surface area (Å²) in [6.45, 7) is 4.84. The highest BCUT2D eigenvalue weighted by molar-refractivity contribution is 6.33. The van der Waals surface area contributed by atoms with Crippen LogP contribution in [-0.2, 0) is 9.59 Å². The second kappa shape index (κ2) is 8.55. The molecule has 2 amide bonds. The van der Waals surface area contributed by atoms with Gasteiger partial charge < -0.3 is 10.6 Å². The van der Waals surface area contributed by atoms with Crippen molar-refractivity contribution in [1.29, 1.82) is 0 Å². The molecule has 1 aromatic carbocycles. The molecule has 0 unspecified atom stereocenters. The highest BCUT2D eigenvalue weighted by Gasteiger charge is 2.06.